The molecule has 566 valence electrons. The van der Waals surface area contributed by atoms with Crippen LogP contribution in [0.25, 0.3) is 0 Å². The lowest BCUT2D eigenvalue weighted by atomic mass is 9.96. The van der Waals surface area contributed by atoms with Crippen LogP contribution in [0.3, 0.4) is 0 Å². The molecule has 3 aliphatic heterocycles. The van der Waals surface area contributed by atoms with E-state index in [1.807, 2.05) is 6.08 Å². The second-order valence-electron chi connectivity index (χ2n) is 28.5. The van der Waals surface area contributed by atoms with Crippen LogP contribution in [0.2, 0.25) is 0 Å². The van der Waals surface area contributed by atoms with Crippen LogP contribution >= 0.6 is 0 Å². The molecule has 0 aliphatic carbocycles. The summed E-state index contributed by atoms with van der Waals surface area (Å²) < 4.78 is 34.3. The van der Waals surface area contributed by atoms with Gasteiger partial charge in [0.25, 0.3) is 0 Å². The maximum absolute atomic E-state index is 13.4. The molecule has 0 aromatic heterocycles. The Labute approximate surface area is 581 Å². The van der Waals surface area contributed by atoms with E-state index in [2.05, 4.69) is 31.3 Å². The Morgan fingerprint density at radius 3 is 1.01 bits per heavy atom. The van der Waals surface area contributed by atoms with Crippen molar-refractivity contribution >= 4 is 5.91 Å². The SMILES string of the molecule is CCCCCCCCCC/C=C\CCCCCCCCCCCCCCCCCCCCCCCCCCCCCCCC(=O)NC(COC1OC(CO)C(OC2OC(CO)C(OC3OC(CO)C(O)C(O)C3O)C(O)C2O)C(O)C1O)C(O)/C=C/CCCCCCCCCC. The molecular formula is C77H145NO18. The summed E-state index contributed by atoms with van der Waals surface area (Å²) >= 11 is 0. The molecule has 96 heavy (non-hydrogen) atoms. The Morgan fingerprint density at radius 1 is 0.365 bits per heavy atom. The average Bonchev–Trinajstić information content (AvgIpc) is 0.849. The number of amides is 1. The molecule has 0 spiro atoms. The zero-order chi connectivity index (χ0) is 69.6. The number of hydrogen-bond donors (Lipinski definition) is 12. The maximum Gasteiger partial charge on any atom is 0.220 e. The van der Waals surface area contributed by atoms with Crippen LogP contribution in [0.1, 0.15) is 328 Å². The standard InChI is InChI=1S/C77H145NO18/c1-3-5-7-9-11-13-15-16-17-18-19-20-21-22-23-24-25-26-27-28-29-30-31-32-33-34-35-36-37-38-39-40-41-42-43-44-45-47-49-51-53-55-65(83)78-60(61(82)54-52-50-48-46-14-12-10-8-6-4-2)59-91-75-71(89)68(86)73(63(57-80)93-75)96-77-72(90)69(87)74(64(58-81)94-77)95-76-70(88)67(85)66(84)62(56-79)92-76/h18-19,52,54,60-64,66-77,79-82,84-90H,3-17,20-51,53,55-59H2,1-2H3,(H,78,83)/b19-18-,54-52+. The molecule has 19 nitrogen and oxygen atoms in total. The molecule has 3 saturated heterocycles. The number of aliphatic hydroxyl groups is 11. The maximum atomic E-state index is 13.4. The van der Waals surface area contributed by atoms with Crippen molar-refractivity contribution in [2.45, 2.75) is 433 Å². The lowest BCUT2D eigenvalue weighted by molar-refractivity contribution is -0.379. The van der Waals surface area contributed by atoms with Gasteiger partial charge >= 0.3 is 0 Å². The molecule has 3 aliphatic rings. The van der Waals surface area contributed by atoms with Gasteiger partial charge in [0, 0.05) is 6.42 Å². The van der Waals surface area contributed by atoms with E-state index in [9.17, 15) is 61.0 Å². The number of unbranched alkanes of at least 4 members (excludes halogenated alkanes) is 45. The molecule has 17 unspecified atom stereocenters. The summed E-state index contributed by atoms with van der Waals surface area (Å²) in [4.78, 5) is 13.4. The van der Waals surface area contributed by atoms with Gasteiger partial charge in [-0.05, 0) is 44.9 Å². The van der Waals surface area contributed by atoms with Gasteiger partial charge in [0.15, 0.2) is 18.9 Å². The van der Waals surface area contributed by atoms with E-state index in [-0.39, 0.29) is 18.9 Å². The van der Waals surface area contributed by atoms with E-state index in [1.54, 1.807) is 6.08 Å². The van der Waals surface area contributed by atoms with E-state index in [0.717, 1.165) is 44.9 Å². The number of nitrogens with one attached hydrogen (secondary N) is 1. The zero-order valence-electron chi connectivity index (χ0n) is 60.4. The van der Waals surface area contributed by atoms with Gasteiger partial charge in [0.1, 0.15) is 73.2 Å². The number of ether oxygens (including phenoxy) is 6. The van der Waals surface area contributed by atoms with Crippen molar-refractivity contribution in [2.75, 3.05) is 26.4 Å². The van der Waals surface area contributed by atoms with Crippen molar-refractivity contribution in [3.05, 3.63) is 24.3 Å². The highest BCUT2D eigenvalue weighted by Crippen LogP contribution is 2.33. The molecule has 1 amide bonds. The third-order valence-corrected chi connectivity index (χ3v) is 20.0. The molecule has 0 bridgehead atoms. The predicted octanol–water partition coefficient (Wildman–Crippen LogP) is 12.6. The highest BCUT2D eigenvalue weighted by Gasteiger charge is 2.53. The molecule has 19 heteroatoms. The second kappa shape index (κ2) is 58.7. The average molecular weight is 1370 g/mol. The van der Waals surface area contributed by atoms with E-state index in [4.69, 9.17) is 28.4 Å². The summed E-state index contributed by atoms with van der Waals surface area (Å²) in [5, 5.41) is 120. The largest absolute Gasteiger partial charge is 0.394 e. The molecule has 17 atom stereocenters. The third-order valence-electron chi connectivity index (χ3n) is 20.0. The van der Waals surface area contributed by atoms with E-state index in [0.29, 0.717) is 6.42 Å². The smallest absolute Gasteiger partial charge is 0.220 e. The predicted molar refractivity (Wildman–Crippen MR) is 379 cm³/mol. The van der Waals surface area contributed by atoms with Crippen LogP contribution in [0.4, 0.5) is 0 Å². The molecular weight excluding hydrogens is 1230 g/mol. The molecule has 3 fully saturated rings. The topological polar surface area (TPSA) is 307 Å². The lowest BCUT2D eigenvalue weighted by Gasteiger charge is -2.48. The van der Waals surface area contributed by atoms with Crippen LogP contribution in [0, 0.1) is 0 Å². The van der Waals surface area contributed by atoms with Gasteiger partial charge in [-0.3, -0.25) is 4.79 Å². The minimum atomic E-state index is -1.98. The molecule has 0 aromatic rings. The molecule has 0 aromatic carbocycles. The fraction of sp³-hybridized carbons (Fsp3) is 0.935. The Bertz CT molecular complexity index is 1830. The summed E-state index contributed by atoms with van der Waals surface area (Å²) in [5.74, 6) is -0.271. The van der Waals surface area contributed by atoms with E-state index in [1.165, 1.54) is 257 Å². The number of allylic oxidation sites excluding steroid dienone is 3. The van der Waals surface area contributed by atoms with Gasteiger partial charge in [-0.2, -0.15) is 0 Å². The van der Waals surface area contributed by atoms with E-state index >= 15 is 0 Å². The molecule has 0 saturated carbocycles. The first-order chi connectivity index (χ1) is 46.8. The van der Waals surface area contributed by atoms with Crippen molar-refractivity contribution in [1.29, 1.82) is 0 Å². The first-order valence-electron chi connectivity index (χ1n) is 39.6. The highest BCUT2D eigenvalue weighted by molar-refractivity contribution is 5.76. The van der Waals surface area contributed by atoms with Gasteiger partial charge in [-0.15, -0.1) is 0 Å². The quantitative estimate of drug-likeness (QED) is 0.0199. The Morgan fingerprint density at radius 2 is 0.656 bits per heavy atom. The van der Waals surface area contributed by atoms with Gasteiger partial charge in [0.05, 0.1) is 38.6 Å². The number of carbonyl (C=O) groups is 1. The fourth-order valence-corrected chi connectivity index (χ4v) is 13.6. The van der Waals surface area contributed by atoms with Crippen LogP contribution in [-0.2, 0) is 33.2 Å². The fourth-order valence-electron chi connectivity index (χ4n) is 13.6. The van der Waals surface area contributed by atoms with E-state index < -0.39 is 124 Å². The molecule has 12 N–H and O–H groups in total. The van der Waals surface area contributed by atoms with Gasteiger partial charge < -0.3 is 89.9 Å². The summed E-state index contributed by atoms with van der Waals surface area (Å²) in [6.45, 7) is 1.73. The molecule has 3 heterocycles. The molecule has 3 rings (SSSR count). The number of aliphatic hydroxyl groups excluding tert-OH is 11. The van der Waals surface area contributed by atoms with Crippen molar-refractivity contribution in [3.63, 3.8) is 0 Å². The number of carbonyl (C=O) groups excluding carboxylic acids is 1. The monoisotopic (exact) mass is 1370 g/mol. The second-order valence-corrected chi connectivity index (χ2v) is 28.5. The minimum Gasteiger partial charge on any atom is -0.394 e. The van der Waals surface area contributed by atoms with Gasteiger partial charge in [-0.1, -0.05) is 301 Å². The summed E-state index contributed by atoms with van der Waals surface area (Å²) in [5.41, 5.74) is 0. The zero-order valence-corrected chi connectivity index (χ0v) is 60.4. The third kappa shape index (κ3) is 39.1. The van der Waals surface area contributed by atoms with Gasteiger partial charge in [-0.25, -0.2) is 0 Å². The molecule has 0 radical (unpaired) electrons. The van der Waals surface area contributed by atoms with Crippen LogP contribution in [0.15, 0.2) is 24.3 Å². The van der Waals surface area contributed by atoms with Crippen molar-refractivity contribution in [3.8, 4) is 0 Å². The Kier molecular flexibility index (Phi) is 54.1. The summed E-state index contributed by atoms with van der Waals surface area (Å²) in [6.07, 6.45) is 43.8. The van der Waals surface area contributed by atoms with Gasteiger partial charge in [0.2, 0.25) is 5.91 Å². The van der Waals surface area contributed by atoms with Crippen molar-refractivity contribution in [2.24, 2.45) is 0 Å². The summed E-state index contributed by atoms with van der Waals surface area (Å²) in [7, 11) is 0. The first kappa shape index (κ1) is 88.5. The number of hydrogen-bond acceptors (Lipinski definition) is 18. The highest BCUT2D eigenvalue weighted by atomic mass is 16.8. The minimum absolute atomic E-state index is 0.248. The first-order valence-corrected chi connectivity index (χ1v) is 39.6. The van der Waals surface area contributed by atoms with Crippen LogP contribution in [-0.4, -0.2) is 193 Å². The number of rotatable bonds is 63. The van der Waals surface area contributed by atoms with Crippen molar-refractivity contribution in [1.82, 2.24) is 5.32 Å². The van der Waals surface area contributed by atoms with Crippen LogP contribution < -0.4 is 5.32 Å². The normalized spacial score (nSPS) is 27.1. The van der Waals surface area contributed by atoms with Crippen LogP contribution in [0.5, 0.6) is 0 Å². The Balaban J connectivity index is 1.24. The Hall–Kier alpha value is -1.73. The lowest BCUT2D eigenvalue weighted by Crippen LogP contribution is -2.66. The summed E-state index contributed by atoms with van der Waals surface area (Å²) in [6, 6.07) is -0.968. The van der Waals surface area contributed by atoms with Crippen molar-refractivity contribution < 1.29 is 89.4 Å².